The van der Waals surface area contributed by atoms with E-state index in [0.717, 1.165) is 49.9 Å². The van der Waals surface area contributed by atoms with Crippen molar-refractivity contribution in [1.82, 2.24) is 14.8 Å². The van der Waals surface area contributed by atoms with E-state index in [1.807, 2.05) is 6.92 Å². The summed E-state index contributed by atoms with van der Waals surface area (Å²) < 4.78 is 11.4. The summed E-state index contributed by atoms with van der Waals surface area (Å²) in [5, 5.41) is 10.5. The number of morpholine rings is 1. The number of hydrogen-bond acceptors (Lipinski definition) is 7. The molecule has 1 aromatic heterocycles. The van der Waals surface area contributed by atoms with Crippen LogP contribution in [0.2, 0.25) is 0 Å². The molecule has 27 heavy (non-hydrogen) atoms. The predicted octanol–water partition coefficient (Wildman–Crippen LogP) is 2.25. The second-order valence-corrected chi connectivity index (χ2v) is 8.11. The number of aryl methyl sites for hydroxylation is 1. The number of benzene rings is 1. The molecule has 0 radical (unpaired) electrons. The van der Waals surface area contributed by atoms with E-state index in [1.54, 1.807) is 11.8 Å². The molecule has 146 valence electrons. The highest BCUT2D eigenvalue weighted by Gasteiger charge is 2.36. The smallest absolute Gasteiger partial charge is 0.226 e. The Balaban J connectivity index is 1.43. The summed E-state index contributed by atoms with van der Waals surface area (Å²) in [5.74, 6) is 1.52. The molecular formula is C20H27N3O3S. The second kappa shape index (κ2) is 8.32. The van der Waals surface area contributed by atoms with Gasteiger partial charge in [0, 0.05) is 49.2 Å². The van der Waals surface area contributed by atoms with Gasteiger partial charge in [0.15, 0.2) is 0 Å². The molecule has 0 amide bonds. The molecule has 7 heteroatoms. The molecule has 6 nitrogen and oxygen atoms in total. The Morgan fingerprint density at radius 3 is 2.63 bits per heavy atom. The summed E-state index contributed by atoms with van der Waals surface area (Å²) in [6.07, 6.45) is 1.74. The van der Waals surface area contributed by atoms with Gasteiger partial charge in [-0.3, -0.25) is 9.80 Å². The lowest BCUT2D eigenvalue weighted by molar-refractivity contribution is -0.00618. The minimum absolute atomic E-state index is 0.180. The molecule has 0 saturated carbocycles. The Morgan fingerprint density at radius 1 is 1.19 bits per heavy atom. The fraction of sp³-hybridized carbons (Fsp3) is 0.550. The Bertz CT molecular complexity index is 758. The molecule has 0 aliphatic carbocycles. The Kier molecular flexibility index (Phi) is 5.85. The number of aromatic nitrogens is 1. The van der Waals surface area contributed by atoms with Gasteiger partial charge in [0.05, 0.1) is 25.0 Å². The average molecular weight is 390 g/mol. The van der Waals surface area contributed by atoms with Gasteiger partial charge in [-0.2, -0.15) is 0 Å². The molecule has 1 aromatic carbocycles. The van der Waals surface area contributed by atoms with Crippen LogP contribution >= 0.6 is 11.8 Å². The highest BCUT2D eigenvalue weighted by molar-refractivity contribution is 7.98. The van der Waals surface area contributed by atoms with E-state index >= 15 is 0 Å². The molecule has 2 aliphatic rings. The zero-order valence-electron chi connectivity index (χ0n) is 15.9. The second-order valence-electron chi connectivity index (χ2n) is 7.23. The SMILES string of the molecule is CSc1ccc(-c2nc(CN3C[C@@H](O)[C@H](N4CCOCC4)C3)c(C)o2)cc1. The van der Waals surface area contributed by atoms with Crippen LogP contribution in [-0.2, 0) is 11.3 Å². The number of rotatable bonds is 5. The van der Waals surface area contributed by atoms with Crippen LogP contribution in [0.4, 0.5) is 0 Å². The van der Waals surface area contributed by atoms with Crippen LogP contribution in [-0.4, -0.2) is 77.7 Å². The van der Waals surface area contributed by atoms with Crippen molar-refractivity contribution >= 4 is 11.8 Å². The minimum Gasteiger partial charge on any atom is -0.441 e. The Hall–Kier alpha value is -1.38. The van der Waals surface area contributed by atoms with Gasteiger partial charge in [-0.15, -0.1) is 11.8 Å². The first kappa shape index (κ1) is 19.0. The molecule has 2 aromatic rings. The highest BCUT2D eigenvalue weighted by atomic mass is 32.2. The number of likely N-dealkylation sites (tertiary alicyclic amines) is 1. The highest BCUT2D eigenvalue weighted by Crippen LogP contribution is 2.26. The topological polar surface area (TPSA) is 62.0 Å². The number of oxazole rings is 1. The zero-order chi connectivity index (χ0) is 18.8. The van der Waals surface area contributed by atoms with Crippen molar-refractivity contribution in [3.8, 4) is 11.5 Å². The van der Waals surface area contributed by atoms with Crippen LogP contribution in [0, 0.1) is 6.92 Å². The van der Waals surface area contributed by atoms with Gasteiger partial charge >= 0.3 is 0 Å². The fourth-order valence-corrected chi connectivity index (χ4v) is 4.30. The van der Waals surface area contributed by atoms with Crippen molar-refractivity contribution in [2.24, 2.45) is 0 Å². The molecule has 2 saturated heterocycles. The molecule has 2 atom stereocenters. The Morgan fingerprint density at radius 2 is 1.93 bits per heavy atom. The molecule has 2 aliphatic heterocycles. The molecule has 0 spiro atoms. The summed E-state index contributed by atoms with van der Waals surface area (Å²) in [6.45, 7) is 7.50. The minimum atomic E-state index is -0.325. The number of hydrogen-bond donors (Lipinski definition) is 1. The molecule has 2 fully saturated rings. The first-order valence-electron chi connectivity index (χ1n) is 9.47. The molecule has 4 rings (SSSR count). The maximum absolute atomic E-state index is 10.5. The van der Waals surface area contributed by atoms with Crippen LogP contribution < -0.4 is 0 Å². The number of ether oxygens (including phenoxy) is 1. The van der Waals surface area contributed by atoms with E-state index in [4.69, 9.17) is 14.1 Å². The number of aliphatic hydroxyl groups is 1. The monoisotopic (exact) mass is 389 g/mol. The number of thioether (sulfide) groups is 1. The van der Waals surface area contributed by atoms with E-state index in [0.29, 0.717) is 19.0 Å². The normalized spacial score (nSPS) is 24.6. The van der Waals surface area contributed by atoms with Crippen LogP contribution in [0.25, 0.3) is 11.5 Å². The van der Waals surface area contributed by atoms with Crippen LogP contribution in [0.1, 0.15) is 11.5 Å². The van der Waals surface area contributed by atoms with Gasteiger partial charge in [0.1, 0.15) is 5.76 Å². The van der Waals surface area contributed by atoms with E-state index in [9.17, 15) is 5.11 Å². The lowest BCUT2D eigenvalue weighted by atomic mass is 10.1. The third kappa shape index (κ3) is 4.22. The molecule has 0 unspecified atom stereocenters. The van der Waals surface area contributed by atoms with Gasteiger partial charge in [0.2, 0.25) is 5.89 Å². The maximum atomic E-state index is 10.5. The molecule has 1 N–H and O–H groups in total. The van der Waals surface area contributed by atoms with Crippen LogP contribution in [0.15, 0.2) is 33.6 Å². The first-order chi connectivity index (χ1) is 13.1. The first-order valence-corrected chi connectivity index (χ1v) is 10.7. The van der Waals surface area contributed by atoms with Crippen molar-refractivity contribution in [3.05, 3.63) is 35.7 Å². The summed E-state index contributed by atoms with van der Waals surface area (Å²) >= 11 is 1.72. The van der Waals surface area contributed by atoms with E-state index in [1.165, 1.54) is 4.90 Å². The lowest BCUT2D eigenvalue weighted by Crippen LogP contribution is -2.48. The van der Waals surface area contributed by atoms with Crippen molar-refractivity contribution in [2.45, 2.75) is 30.5 Å². The Labute approximate surface area is 164 Å². The average Bonchev–Trinajstić information content (AvgIpc) is 3.25. The largest absolute Gasteiger partial charge is 0.441 e. The maximum Gasteiger partial charge on any atom is 0.226 e. The van der Waals surface area contributed by atoms with Crippen molar-refractivity contribution in [2.75, 3.05) is 45.6 Å². The number of β-amino-alcohol motifs (C(OH)–C–C–N with tert-alkyl or cyclic N) is 1. The lowest BCUT2D eigenvalue weighted by Gasteiger charge is -2.33. The van der Waals surface area contributed by atoms with Crippen molar-refractivity contribution in [1.29, 1.82) is 0 Å². The molecule has 3 heterocycles. The fourth-order valence-electron chi connectivity index (χ4n) is 3.89. The number of nitrogens with zero attached hydrogens (tertiary/aromatic N) is 3. The van der Waals surface area contributed by atoms with Crippen LogP contribution in [0.3, 0.4) is 0 Å². The van der Waals surface area contributed by atoms with Gasteiger partial charge in [0.25, 0.3) is 0 Å². The third-order valence-corrected chi connectivity index (χ3v) is 6.20. The van der Waals surface area contributed by atoms with Crippen LogP contribution in [0.5, 0.6) is 0 Å². The summed E-state index contributed by atoms with van der Waals surface area (Å²) in [5.41, 5.74) is 1.95. The van der Waals surface area contributed by atoms with Gasteiger partial charge in [-0.25, -0.2) is 4.98 Å². The van der Waals surface area contributed by atoms with Gasteiger partial charge in [-0.1, -0.05) is 0 Å². The zero-order valence-corrected chi connectivity index (χ0v) is 16.7. The number of aliphatic hydroxyl groups excluding tert-OH is 1. The molecule has 0 bridgehead atoms. The third-order valence-electron chi connectivity index (χ3n) is 5.45. The summed E-state index contributed by atoms with van der Waals surface area (Å²) in [7, 11) is 0. The van der Waals surface area contributed by atoms with Crippen molar-refractivity contribution in [3.63, 3.8) is 0 Å². The van der Waals surface area contributed by atoms with E-state index in [-0.39, 0.29) is 12.1 Å². The standard InChI is InChI=1S/C20H27N3O3S/c1-14-17(21-20(26-14)15-3-5-16(27-2)6-4-15)11-22-12-18(19(24)13-22)23-7-9-25-10-8-23/h3-6,18-19,24H,7-13H2,1-2H3/t18-,19-/m1/s1. The van der Waals surface area contributed by atoms with Crippen molar-refractivity contribution < 1.29 is 14.3 Å². The summed E-state index contributed by atoms with van der Waals surface area (Å²) in [6, 6.07) is 8.45. The quantitative estimate of drug-likeness (QED) is 0.787. The van der Waals surface area contributed by atoms with Gasteiger partial charge < -0.3 is 14.3 Å². The molecular weight excluding hydrogens is 362 g/mol. The predicted molar refractivity (Wildman–Crippen MR) is 106 cm³/mol. The van der Waals surface area contributed by atoms with E-state index in [2.05, 4.69) is 40.3 Å². The summed E-state index contributed by atoms with van der Waals surface area (Å²) in [4.78, 5) is 10.6. The van der Waals surface area contributed by atoms with E-state index < -0.39 is 0 Å². The van der Waals surface area contributed by atoms with Gasteiger partial charge in [-0.05, 0) is 37.4 Å².